The van der Waals surface area contributed by atoms with Crippen LogP contribution in [-0.2, 0) is 27.9 Å². The number of carbonyl (C=O) groups excluding carboxylic acids is 1. The van der Waals surface area contributed by atoms with Crippen molar-refractivity contribution < 1.29 is 58.3 Å². The van der Waals surface area contributed by atoms with Gasteiger partial charge in [0.15, 0.2) is 0 Å². The molecule has 12 nitrogen and oxygen atoms in total. The van der Waals surface area contributed by atoms with Crippen LogP contribution in [0, 0.1) is 0 Å². The van der Waals surface area contributed by atoms with E-state index in [1.807, 2.05) is 0 Å². The molecule has 0 bridgehead atoms. The molecule has 1 saturated carbocycles. The Labute approximate surface area is 358 Å². The number of rotatable bonds is 40. The van der Waals surface area contributed by atoms with E-state index in [2.05, 4.69) is 38.2 Å². The lowest BCUT2D eigenvalue weighted by Gasteiger charge is -2.41. The summed E-state index contributed by atoms with van der Waals surface area (Å²) in [5.74, 6) is -0.486. The highest BCUT2D eigenvalue weighted by molar-refractivity contribution is 7.47. The molecule has 0 aromatic rings. The fraction of sp³-hybridized carbons (Fsp3) is 0.891. The topological polar surface area (TPSA) is 192 Å². The van der Waals surface area contributed by atoms with Crippen LogP contribution in [0.1, 0.15) is 200 Å². The van der Waals surface area contributed by atoms with Gasteiger partial charge in [-0.15, -0.1) is 0 Å². The van der Waals surface area contributed by atoms with E-state index in [0.717, 1.165) is 57.8 Å². The SMILES string of the molecule is CCCCCC/C=C\CCCCCCCC(=O)OC(COCCCCCCCCCC/C=C\CCCCCCCCC)COP(=O)(O)OC1C(O)C(O)C(O)C(O)C1O. The predicted molar refractivity (Wildman–Crippen MR) is 235 cm³/mol. The van der Waals surface area contributed by atoms with Crippen molar-refractivity contribution in [2.24, 2.45) is 0 Å². The minimum absolute atomic E-state index is 0.0797. The van der Waals surface area contributed by atoms with Crippen molar-refractivity contribution in [1.29, 1.82) is 0 Å². The first-order valence-corrected chi connectivity index (χ1v) is 25.2. The first-order valence-electron chi connectivity index (χ1n) is 23.7. The molecule has 59 heavy (non-hydrogen) atoms. The summed E-state index contributed by atoms with van der Waals surface area (Å²) in [4.78, 5) is 23.1. The number of phosphoric acid groups is 1. The molecule has 348 valence electrons. The number of ether oxygens (including phenoxy) is 2. The van der Waals surface area contributed by atoms with Gasteiger partial charge in [0.25, 0.3) is 0 Å². The van der Waals surface area contributed by atoms with Crippen LogP contribution >= 0.6 is 7.82 Å². The molecule has 0 saturated heterocycles. The molecule has 1 aliphatic rings. The van der Waals surface area contributed by atoms with Gasteiger partial charge < -0.3 is 39.9 Å². The predicted octanol–water partition coefficient (Wildman–Crippen LogP) is 9.70. The summed E-state index contributed by atoms with van der Waals surface area (Å²) in [5, 5.41) is 50.2. The Kier molecular flexibility index (Phi) is 35.4. The first-order chi connectivity index (χ1) is 28.5. The van der Waals surface area contributed by atoms with E-state index in [4.69, 9.17) is 18.5 Å². The van der Waals surface area contributed by atoms with Crippen molar-refractivity contribution in [1.82, 2.24) is 0 Å². The molecule has 1 fully saturated rings. The summed E-state index contributed by atoms with van der Waals surface area (Å²) >= 11 is 0. The fourth-order valence-electron chi connectivity index (χ4n) is 7.23. The molecule has 0 radical (unpaired) electrons. The Balaban J connectivity index is 2.37. The standard InChI is InChI=1S/C46H87O12P/c1-3-5-7-9-11-13-15-17-18-19-20-21-22-24-26-28-30-32-34-36-55-37-39(38-56-59(53,54)58-46-44(51)42(49)41(48)43(50)45(46)52)57-40(47)35-33-31-29-27-25-23-16-14-12-10-8-6-4-2/h14,16,18-19,39,41-46,48-52H,3-13,15,17,20-38H2,1-2H3,(H,53,54)/b16-14-,19-18-. The van der Waals surface area contributed by atoms with Crippen molar-refractivity contribution in [3.05, 3.63) is 24.3 Å². The quantitative estimate of drug-likeness (QED) is 0.0148. The molecular formula is C46H87O12P. The maximum Gasteiger partial charge on any atom is 0.472 e. The van der Waals surface area contributed by atoms with Crippen molar-refractivity contribution in [3.8, 4) is 0 Å². The molecule has 0 aliphatic heterocycles. The molecule has 1 aliphatic carbocycles. The molecule has 0 heterocycles. The summed E-state index contributed by atoms with van der Waals surface area (Å²) < 4.78 is 34.2. The summed E-state index contributed by atoms with van der Waals surface area (Å²) in [7, 11) is -5.02. The lowest BCUT2D eigenvalue weighted by Crippen LogP contribution is -2.64. The highest BCUT2D eigenvalue weighted by atomic mass is 31.2. The smallest absolute Gasteiger partial charge is 0.457 e. The third kappa shape index (κ3) is 29.7. The van der Waals surface area contributed by atoms with Crippen LogP contribution in [-0.4, -0.2) is 98.9 Å². The number of allylic oxidation sites excluding steroid dienone is 4. The normalized spacial score (nSPS) is 22.6. The van der Waals surface area contributed by atoms with Crippen molar-refractivity contribution >= 4 is 13.8 Å². The number of phosphoric ester groups is 1. The van der Waals surface area contributed by atoms with Crippen molar-refractivity contribution in [2.45, 2.75) is 243 Å². The second kappa shape index (κ2) is 37.4. The van der Waals surface area contributed by atoms with Crippen LogP contribution in [0.5, 0.6) is 0 Å². The largest absolute Gasteiger partial charge is 0.472 e. The Morgan fingerprint density at radius 1 is 0.525 bits per heavy atom. The zero-order valence-corrected chi connectivity index (χ0v) is 38.0. The van der Waals surface area contributed by atoms with E-state index < -0.39 is 63.1 Å². The Bertz CT molecular complexity index is 1070. The molecule has 1 rings (SSSR count). The van der Waals surface area contributed by atoms with Gasteiger partial charge in [-0.2, -0.15) is 0 Å². The van der Waals surface area contributed by atoms with Crippen LogP contribution in [0.4, 0.5) is 0 Å². The van der Waals surface area contributed by atoms with Gasteiger partial charge in [0.1, 0.15) is 42.7 Å². The average molecular weight is 863 g/mol. The van der Waals surface area contributed by atoms with Gasteiger partial charge in [0.2, 0.25) is 0 Å². The molecule has 6 atom stereocenters. The zero-order valence-electron chi connectivity index (χ0n) is 37.1. The van der Waals surface area contributed by atoms with Gasteiger partial charge in [-0.1, -0.05) is 154 Å². The number of unbranched alkanes of at least 4 members (excludes halogenated alkanes) is 24. The molecule has 6 N–H and O–H groups in total. The lowest BCUT2D eigenvalue weighted by molar-refractivity contribution is -0.220. The van der Waals surface area contributed by atoms with E-state index in [1.54, 1.807) is 0 Å². The van der Waals surface area contributed by atoms with Crippen molar-refractivity contribution in [3.63, 3.8) is 0 Å². The van der Waals surface area contributed by atoms with Gasteiger partial charge in [-0.25, -0.2) is 4.57 Å². The van der Waals surface area contributed by atoms with Gasteiger partial charge >= 0.3 is 13.8 Å². The number of aliphatic hydroxyl groups is 5. The van der Waals surface area contributed by atoms with Gasteiger partial charge in [-0.05, 0) is 64.2 Å². The third-order valence-corrected chi connectivity index (χ3v) is 12.0. The lowest BCUT2D eigenvalue weighted by atomic mass is 9.85. The summed E-state index contributed by atoms with van der Waals surface area (Å²) in [6.45, 7) is 4.23. The molecule has 0 aromatic heterocycles. The monoisotopic (exact) mass is 863 g/mol. The Morgan fingerprint density at radius 3 is 1.36 bits per heavy atom. The van der Waals surface area contributed by atoms with Gasteiger partial charge in [0.05, 0.1) is 13.2 Å². The zero-order chi connectivity index (χ0) is 43.4. The molecule has 0 amide bonds. The van der Waals surface area contributed by atoms with Crippen molar-refractivity contribution in [2.75, 3.05) is 19.8 Å². The highest BCUT2D eigenvalue weighted by Gasteiger charge is 2.51. The van der Waals surface area contributed by atoms with Crippen LogP contribution in [0.3, 0.4) is 0 Å². The average Bonchev–Trinajstić information content (AvgIpc) is 3.22. The molecule has 0 spiro atoms. The minimum Gasteiger partial charge on any atom is -0.457 e. The number of esters is 1. The Hall–Kier alpha value is -1.18. The molecular weight excluding hydrogens is 775 g/mol. The number of hydrogen-bond acceptors (Lipinski definition) is 11. The molecule has 6 unspecified atom stereocenters. The van der Waals surface area contributed by atoms with Gasteiger partial charge in [-0.3, -0.25) is 13.8 Å². The second-order valence-electron chi connectivity index (χ2n) is 16.6. The number of hydrogen-bond donors (Lipinski definition) is 6. The maximum absolute atomic E-state index is 12.8. The summed E-state index contributed by atoms with van der Waals surface area (Å²) in [5.41, 5.74) is 0. The molecule has 0 aromatic carbocycles. The Morgan fingerprint density at radius 2 is 0.898 bits per heavy atom. The van der Waals surface area contributed by atoms with E-state index >= 15 is 0 Å². The van der Waals surface area contributed by atoms with Crippen LogP contribution < -0.4 is 0 Å². The number of aliphatic hydroxyl groups excluding tert-OH is 5. The maximum atomic E-state index is 12.8. The van der Waals surface area contributed by atoms with E-state index in [1.165, 1.54) is 116 Å². The minimum atomic E-state index is -5.02. The highest BCUT2D eigenvalue weighted by Crippen LogP contribution is 2.47. The van der Waals surface area contributed by atoms with E-state index in [9.17, 15) is 39.8 Å². The first kappa shape index (κ1) is 55.8. The third-order valence-electron chi connectivity index (χ3n) is 11.0. The summed E-state index contributed by atoms with van der Waals surface area (Å²) in [6.07, 6.45) is 29.6. The van der Waals surface area contributed by atoms with Gasteiger partial charge in [0, 0.05) is 13.0 Å². The second-order valence-corrected chi connectivity index (χ2v) is 18.0. The fourth-order valence-corrected chi connectivity index (χ4v) is 8.20. The summed E-state index contributed by atoms with van der Waals surface area (Å²) in [6, 6.07) is 0. The van der Waals surface area contributed by atoms with E-state index in [-0.39, 0.29) is 13.0 Å². The van der Waals surface area contributed by atoms with Crippen LogP contribution in [0.25, 0.3) is 0 Å². The van der Waals surface area contributed by atoms with Crippen LogP contribution in [0.15, 0.2) is 24.3 Å². The number of carbonyl (C=O) groups is 1. The van der Waals surface area contributed by atoms with E-state index in [0.29, 0.717) is 13.0 Å². The van der Waals surface area contributed by atoms with Crippen LogP contribution in [0.2, 0.25) is 0 Å². The molecule has 13 heteroatoms.